The lowest BCUT2D eigenvalue weighted by atomic mass is 10.0. The summed E-state index contributed by atoms with van der Waals surface area (Å²) in [6, 6.07) is 8.07. The van der Waals surface area contributed by atoms with E-state index in [1.165, 1.54) is 5.56 Å². The molecule has 2 heterocycles. The third-order valence-corrected chi connectivity index (χ3v) is 4.82. The number of rotatable bonds is 5. The molecule has 23 heavy (non-hydrogen) atoms. The maximum atomic E-state index is 6.25. The summed E-state index contributed by atoms with van der Waals surface area (Å²) >= 11 is 9.86. The third-order valence-electron chi connectivity index (χ3n) is 3.98. The Hall–Kier alpha value is -1.36. The number of nitrogens with one attached hydrogen (secondary N) is 1. The Labute approximate surface area is 149 Å². The molecule has 0 atom stereocenters. The van der Waals surface area contributed by atoms with Gasteiger partial charge in [0.1, 0.15) is 0 Å². The number of fused-ring (bicyclic) bond motifs is 1. The van der Waals surface area contributed by atoms with Crippen LogP contribution in [-0.4, -0.2) is 16.5 Å². The van der Waals surface area contributed by atoms with E-state index >= 15 is 0 Å². The third kappa shape index (κ3) is 3.44. The molecule has 0 bridgehead atoms. The van der Waals surface area contributed by atoms with E-state index in [0.29, 0.717) is 6.54 Å². The summed E-state index contributed by atoms with van der Waals surface area (Å²) in [7, 11) is 0. The minimum Gasteiger partial charge on any atom is -0.352 e. The first-order valence-corrected chi connectivity index (χ1v) is 8.90. The highest BCUT2D eigenvalue weighted by atomic mass is 79.9. The van der Waals surface area contributed by atoms with Crippen molar-refractivity contribution in [2.24, 2.45) is 5.73 Å². The van der Waals surface area contributed by atoms with Gasteiger partial charge in [0, 0.05) is 21.1 Å². The zero-order valence-corrected chi connectivity index (χ0v) is 15.3. The van der Waals surface area contributed by atoms with Crippen molar-refractivity contribution < 1.29 is 0 Å². The molecule has 0 saturated carbocycles. The average Bonchev–Trinajstić information content (AvgIpc) is 2.87. The molecular weight excluding hydrogens is 374 g/mol. The first-order valence-electron chi connectivity index (χ1n) is 7.73. The zero-order chi connectivity index (χ0) is 16.4. The molecule has 0 aliphatic rings. The van der Waals surface area contributed by atoms with E-state index in [0.717, 1.165) is 56.6 Å². The molecule has 0 radical (unpaired) electrons. The van der Waals surface area contributed by atoms with Gasteiger partial charge in [-0.3, -0.25) is 4.98 Å². The summed E-state index contributed by atoms with van der Waals surface area (Å²) in [6.45, 7) is 2.76. The van der Waals surface area contributed by atoms with Gasteiger partial charge in [0.25, 0.3) is 0 Å². The van der Waals surface area contributed by atoms with Crippen molar-refractivity contribution in [3.63, 3.8) is 0 Å². The van der Waals surface area contributed by atoms with Crippen LogP contribution in [0.5, 0.6) is 0 Å². The molecule has 0 saturated heterocycles. The van der Waals surface area contributed by atoms with Crippen molar-refractivity contribution in [2.75, 3.05) is 6.54 Å². The molecule has 5 heteroatoms. The van der Waals surface area contributed by atoms with E-state index in [9.17, 15) is 0 Å². The number of benzene rings is 1. The predicted molar refractivity (Wildman–Crippen MR) is 101 cm³/mol. The van der Waals surface area contributed by atoms with Gasteiger partial charge in [-0.1, -0.05) is 17.7 Å². The number of halogens is 2. The zero-order valence-electron chi connectivity index (χ0n) is 13.0. The SMILES string of the molecule is Cc1ccc(-c2[nH]c3c(Br)cc(Cl)cc3c2CCCCN)nc1. The van der Waals surface area contributed by atoms with Crippen LogP contribution < -0.4 is 5.73 Å². The second-order valence-electron chi connectivity index (χ2n) is 5.76. The van der Waals surface area contributed by atoms with Crippen molar-refractivity contribution >= 4 is 38.4 Å². The molecular formula is C18H19BrClN3. The van der Waals surface area contributed by atoms with Gasteiger partial charge in [0.2, 0.25) is 0 Å². The minimum atomic E-state index is 0.713. The van der Waals surface area contributed by atoms with Crippen LogP contribution in [0.3, 0.4) is 0 Å². The molecule has 0 fully saturated rings. The lowest BCUT2D eigenvalue weighted by Gasteiger charge is -2.05. The Morgan fingerprint density at radius 3 is 2.78 bits per heavy atom. The van der Waals surface area contributed by atoms with Crippen LogP contribution in [-0.2, 0) is 6.42 Å². The molecule has 0 unspecified atom stereocenters. The summed E-state index contributed by atoms with van der Waals surface area (Å²) in [5.74, 6) is 0. The molecule has 3 N–H and O–H groups in total. The fourth-order valence-electron chi connectivity index (χ4n) is 2.81. The highest BCUT2D eigenvalue weighted by molar-refractivity contribution is 9.10. The number of aromatic nitrogens is 2. The van der Waals surface area contributed by atoms with Crippen molar-refractivity contribution in [1.29, 1.82) is 0 Å². The Morgan fingerprint density at radius 2 is 2.09 bits per heavy atom. The van der Waals surface area contributed by atoms with Crippen LogP contribution >= 0.6 is 27.5 Å². The fraction of sp³-hybridized carbons (Fsp3) is 0.278. The van der Waals surface area contributed by atoms with Crippen LogP contribution in [0.4, 0.5) is 0 Å². The number of hydrogen-bond donors (Lipinski definition) is 2. The Bertz CT molecular complexity index is 824. The molecule has 2 aromatic heterocycles. The molecule has 0 aliphatic carbocycles. The van der Waals surface area contributed by atoms with Gasteiger partial charge >= 0.3 is 0 Å². The monoisotopic (exact) mass is 391 g/mol. The van der Waals surface area contributed by atoms with Crippen molar-refractivity contribution in [1.82, 2.24) is 9.97 Å². The quantitative estimate of drug-likeness (QED) is 0.584. The number of aryl methyl sites for hydroxylation is 2. The van der Waals surface area contributed by atoms with E-state index in [2.05, 4.69) is 38.0 Å². The van der Waals surface area contributed by atoms with E-state index < -0.39 is 0 Å². The average molecular weight is 393 g/mol. The number of nitrogens with two attached hydrogens (primary N) is 1. The van der Waals surface area contributed by atoms with Crippen molar-refractivity contribution in [3.05, 3.63) is 51.1 Å². The molecule has 3 rings (SSSR count). The van der Waals surface area contributed by atoms with E-state index in [4.69, 9.17) is 17.3 Å². The Kier molecular flexibility index (Phi) is 5.05. The van der Waals surface area contributed by atoms with Crippen molar-refractivity contribution in [2.45, 2.75) is 26.2 Å². The van der Waals surface area contributed by atoms with E-state index in [-0.39, 0.29) is 0 Å². The second-order valence-corrected chi connectivity index (χ2v) is 7.05. The first kappa shape index (κ1) is 16.5. The largest absolute Gasteiger partial charge is 0.352 e. The summed E-state index contributed by atoms with van der Waals surface area (Å²) in [6.07, 6.45) is 4.91. The summed E-state index contributed by atoms with van der Waals surface area (Å²) < 4.78 is 0.971. The number of hydrogen-bond acceptors (Lipinski definition) is 2. The molecule has 0 amide bonds. The summed E-state index contributed by atoms with van der Waals surface area (Å²) in [5.41, 5.74) is 11.1. The molecule has 3 aromatic rings. The fourth-order valence-corrected chi connectivity index (χ4v) is 3.72. The van der Waals surface area contributed by atoms with Crippen LogP contribution in [0.15, 0.2) is 34.9 Å². The van der Waals surface area contributed by atoms with Gasteiger partial charge in [-0.15, -0.1) is 0 Å². The summed E-state index contributed by atoms with van der Waals surface area (Å²) in [5, 5.41) is 1.88. The van der Waals surface area contributed by atoms with Gasteiger partial charge < -0.3 is 10.7 Å². The molecule has 3 nitrogen and oxygen atoms in total. The maximum Gasteiger partial charge on any atom is 0.0867 e. The van der Waals surface area contributed by atoms with Gasteiger partial charge in [-0.05, 0) is 78.0 Å². The number of H-pyrrole nitrogens is 1. The summed E-state index contributed by atoms with van der Waals surface area (Å²) in [4.78, 5) is 8.10. The van der Waals surface area contributed by atoms with Gasteiger partial charge in [-0.25, -0.2) is 0 Å². The van der Waals surface area contributed by atoms with E-state index in [1.54, 1.807) is 0 Å². The van der Waals surface area contributed by atoms with Crippen LogP contribution in [0, 0.1) is 6.92 Å². The van der Waals surface area contributed by atoms with Crippen LogP contribution in [0.25, 0.3) is 22.3 Å². The van der Waals surface area contributed by atoms with Crippen LogP contribution in [0.2, 0.25) is 5.02 Å². The molecule has 1 aromatic carbocycles. The number of unbranched alkanes of at least 4 members (excludes halogenated alkanes) is 1. The van der Waals surface area contributed by atoms with Crippen molar-refractivity contribution in [3.8, 4) is 11.4 Å². The normalized spacial score (nSPS) is 11.3. The molecule has 0 aliphatic heterocycles. The van der Waals surface area contributed by atoms with Crippen LogP contribution in [0.1, 0.15) is 24.0 Å². The Morgan fingerprint density at radius 1 is 1.26 bits per heavy atom. The van der Waals surface area contributed by atoms with Gasteiger partial charge in [-0.2, -0.15) is 0 Å². The van der Waals surface area contributed by atoms with Gasteiger partial charge in [0.15, 0.2) is 0 Å². The molecule has 120 valence electrons. The standard InChI is InChI=1S/C18H19BrClN3/c1-11-5-6-16(22-10-11)18-13(4-2-3-7-21)14-8-12(20)9-15(19)17(14)23-18/h5-6,8-10,23H,2-4,7,21H2,1H3. The predicted octanol–water partition coefficient (Wildman–Crippen LogP) is 5.24. The topological polar surface area (TPSA) is 54.7 Å². The number of nitrogens with zero attached hydrogens (tertiary/aromatic N) is 1. The Balaban J connectivity index is 2.16. The maximum absolute atomic E-state index is 6.25. The lowest BCUT2D eigenvalue weighted by molar-refractivity contribution is 0.748. The second kappa shape index (κ2) is 7.04. The molecule has 0 spiro atoms. The highest BCUT2D eigenvalue weighted by Gasteiger charge is 2.16. The number of aromatic amines is 1. The minimum absolute atomic E-state index is 0.713. The van der Waals surface area contributed by atoms with Gasteiger partial charge in [0.05, 0.1) is 16.9 Å². The first-order chi connectivity index (χ1) is 11.1. The number of pyridine rings is 1. The smallest absolute Gasteiger partial charge is 0.0867 e. The highest BCUT2D eigenvalue weighted by Crippen LogP contribution is 2.36. The van der Waals surface area contributed by atoms with E-state index in [1.807, 2.05) is 25.3 Å². The lowest BCUT2D eigenvalue weighted by Crippen LogP contribution is -1.99.